The first-order chi connectivity index (χ1) is 10.3. The first kappa shape index (κ1) is 16.3. The van der Waals surface area contributed by atoms with Crippen molar-refractivity contribution in [2.45, 2.75) is 32.6 Å². The summed E-state index contributed by atoms with van der Waals surface area (Å²) < 4.78 is 5.59. The van der Waals surface area contributed by atoms with Gasteiger partial charge in [0, 0.05) is 44.0 Å². The lowest BCUT2D eigenvalue weighted by Crippen LogP contribution is -2.47. The van der Waals surface area contributed by atoms with E-state index in [0.29, 0.717) is 5.41 Å². The molecule has 3 heteroatoms. The van der Waals surface area contributed by atoms with Gasteiger partial charge in [-0.3, -0.25) is 0 Å². The van der Waals surface area contributed by atoms with E-state index < -0.39 is 0 Å². The van der Waals surface area contributed by atoms with Crippen LogP contribution in [0.3, 0.4) is 0 Å². The maximum Gasteiger partial charge on any atom is 0.0472 e. The Bertz CT molecular complexity index is 382. The second kappa shape index (κ2) is 8.40. The Morgan fingerprint density at radius 3 is 2.52 bits per heavy atom. The van der Waals surface area contributed by atoms with Crippen LogP contribution in [0.5, 0.6) is 0 Å². The molecule has 1 heterocycles. The van der Waals surface area contributed by atoms with Gasteiger partial charge in [-0.25, -0.2) is 0 Å². The minimum Gasteiger partial charge on any atom is -0.381 e. The van der Waals surface area contributed by atoms with E-state index in [-0.39, 0.29) is 0 Å². The van der Waals surface area contributed by atoms with Crippen LogP contribution in [0.4, 0.5) is 5.69 Å². The standard InChI is InChI=1S/C18H30N2O/c1-3-4-12-20(17-8-6-5-7-9-17)16-18(15-19-2)10-13-21-14-11-18/h5-9,19H,3-4,10-16H2,1-2H3. The molecule has 2 rings (SSSR count). The van der Waals surface area contributed by atoms with Crippen molar-refractivity contribution >= 4 is 5.69 Å². The highest BCUT2D eigenvalue weighted by atomic mass is 16.5. The maximum atomic E-state index is 5.59. The summed E-state index contributed by atoms with van der Waals surface area (Å²) >= 11 is 0. The van der Waals surface area contributed by atoms with Crippen molar-refractivity contribution in [3.8, 4) is 0 Å². The van der Waals surface area contributed by atoms with E-state index in [9.17, 15) is 0 Å². The Hall–Kier alpha value is -1.06. The number of unbranched alkanes of at least 4 members (excludes halogenated alkanes) is 1. The number of nitrogens with one attached hydrogen (secondary N) is 1. The Morgan fingerprint density at radius 2 is 1.90 bits per heavy atom. The molecule has 0 atom stereocenters. The molecule has 1 saturated heterocycles. The summed E-state index contributed by atoms with van der Waals surface area (Å²) in [6.07, 6.45) is 4.80. The van der Waals surface area contributed by atoms with E-state index in [1.54, 1.807) is 0 Å². The van der Waals surface area contributed by atoms with Crippen LogP contribution in [0, 0.1) is 5.41 Å². The molecule has 21 heavy (non-hydrogen) atoms. The molecule has 1 N–H and O–H groups in total. The molecule has 0 spiro atoms. The van der Waals surface area contributed by atoms with Gasteiger partial charge < -0.3 is 15.0 Å². The van der Waals surface area contributed by atoms with E-state index in [1.807, 2.05) is 0 Å². The van der Waals surface area contributed by atoms with Crippen LogP contribution in [0.1, 0.15) is 32.6 Å². The zero-order valence-electron chi connectivity index (χ0n) is 13.6. The number of hydrogen-bond donors (Lipinski definition) is 1. The Kier molecular flexibility index (Phi) is 6.52. The normalized spacial score (nSPS) is 17.6. The smallest absolute Gasteiger partial charge is 0.0472 e. The molecule has 0 unspecified atom stereocenters. The van der Waals surface area contributed by atoms with E-state index in [4.69, 9.17) is 4.74 Å². The van der Waals surface area contributed by atoms with Gasteiger partial charge in [-0.05, 0) is 38.4 Å². The highest BCUT2D eigenvalue weighted by molar-refractivity contribution is 5.46. The first-order valence-electron chi connectivity index (χ1n) is 8.32. The number of ether oxygens (including phenoxy) is 1. The van der Waals surface area contributed by atoms with Crippen molar-refractivity contribution in [3.63, 3.8) is 0 Å². The van der Waals surface area contributed by atoms with Crippen molar-refractivity contribution < 1.29 is 4.74 Å². The third-order valence-corrected chi connectivity index (χ3v) is 4.53. The van der Waals surface area contributed by atoms with Gasteiger partial charge in [-0.2, -0.15) is 0 Å². The molecule has 1 aliphatic rings. The lowest BCUT2D eigenvalue weighted by molar-refractivity contribution is 0.0191. The number of para-hydroxylation sites is 1. The molecule has 1 aliphatic heterocycles. The third-order valence-electron chi connectivity index (χ3n) is 4.53. The molecule has 0 aliphatic carbocycles. The minimum absolute atomic E-state index is 0.344. The number of nitrogens with zero attached hydrogens (tertiary/aromatic N) is 1. The molecule has 1 aromatic carbocycles. The molecule has 0 bridgehead atoms. The highest BCUT2D eigenvalue weighted by Crippen LogP contribution is 2.32. The first-order valence-corrected chi connectivity index (χ1v) is 8.32. The quantitative estimate of drug-likeness (QED) is 0.795. The summed E-state index contributed by atoms with van der Waals surface area (Å²) in [5.41, 5.74) is 1.70. The lowest BCUT2D eigenvalue weighted by Gasteiger charge is -2.42. The van der Waals surface area contributed by atoms with E-state index >= 15 is 0 Å². The van der Waals surface area contributed by atoms with Gasteiger partial charge in [0.15, 0.2) is 0 Å². The summed E-state index contributed by atoms with van der Waals surface area (Å²) in [7, 11) is 2.07. The fourth-order valence-electron chi connectivity index (χ4n) is 3.26. The van der Waals surface area contributed by atoms with Crippen molar-refractivity contribution in [1.29, 1.82) is 0 Å². The van der Waals surface area contributed by atoms with Gasteiger partial charge in [-0.1, -0.05) is 31.5 Å². The van der Waals surface area contributed by atoms with E-state index in [1.165, 1.54) is 18.5 Å². The van der Waals surface area contributed by atoms with Crippen LogP contribution in [0.15, 0.2) is 30.3 Å². The summed E-state index contributed by atoms with van der Waals surface area (Å²) in [6.45, 7) is 7.41. The van der Waals surface area contributed by atoms with Crippen molar-refractivity contribution in [1.82, 2.24) is 5.32 Å². The zero-order chi connectivity index (χ0) is 15.0. The Morgan fingerprint density at radius 1 is 1.19 bits per heavy atom. The number of hydrogen-bond acceptors (Lipinski definition) is 3. The summed E-state index contributed by atoms with van der Waals surface area (Å²) in [6, 6.07) is 10.9. The third kappa shape index (κ3) is 4.72. The van der Waals surface area contributed by atoms with Gasteiger partial charge >= 0.3 is 0 Å². The average molecular weight is 290 g/mol. The molecular formula is C18H30N2O. The van der Waals surface area contributed by atoms with Gasteiger partial charge in [0.25, 0.3) is 0 Å². The lowest BCUT2D eigenvalue weighted by atomic mass is 9.79. The number of rotatable bonds is 8. The summed E-state index contributed by atoms with van der Waals surface area (Å²) in [5.74, 6) is 0. The zero-order valence-corrected chi connectivity index (χ0v) is 13.6. The molecule has 3 nitrogen and oxygen atoms in total. The molecular weight excluding hydrogens is 260 g/mol. The van der Waals surface area contributed by atoms with E-state index in [0.717, 1.165) is 45.7 Å². The highest BCUT2D eigenvalue weighted by Gasteiger charge is 2.33. The van der Waals surface area contributed by atoms with Crippen molar-refractivity contribution in [2.75, 3.05) is 44.8 Å². The van der Waals surface area contributed by atoms with Gasteiger partial charge in [0.05, 0.1) is 0 Å². The molecule has 0 radical (unpaired) electrons. The molecule has 0 aromatic heterocycles. The van der Waals surface area contributed by atoms with Crippen molar-refractivity contribution in [3.05, 3.63) is 30.3 Å². The van der Waals surface area contributed by atoms with Crippen LogP contribution in [-0.2, 0) is 4.74 Å². The monoisotopic (exact) mass is 290 g/mol. The number of benzene rings is 1. The average Bonchev–Trinajstić information content (AvgIpc) is 2.53. The number of anilines is 1. The molecule has 1 fully saturated rings. The SMILES string of the molecule is CCCCN(CC1(CNC)CCOCC1)c1ccccc1. The van der Waals surface area contributed by atoms with Crippen LogP contribution in [0.25, 0.3) is 0 Å². The Balaban J connectivity index is 2.11. The second-order valence-corrected chi connectivity index (χ2v) is 6.25. The largest absolute Gasteiger partial charge is 0.381 e. The summed E-state index contributed by atoms with van der Waals surface area (Å²) in [5, 5.41) is 3.41. The molecule has 0 amide bonds. The fraction of sp³-hybridized carbons (Fsp3) is 0.667. The minimum atomic E-state index is 0.344. The van der Waals surface area contributed by atoms with Crippen molar-refractivity contribution in [2.24, 2.45) is 5.41 Å². The molecule has 0 saturated carbocycles. The topological polar surface area (TPSA) is 24.5 Å². The van der Waals surface area contributed by atoms with Gasteiger partial charge in [0.2, 0.25) is 0 Å². The predicted molar refractivity (Wildman–Crippen MR) is 90.0 cm³/mol. The molecule has 1 aromatic rings. The van der Waals surface area contributed by atoms with Gasteiger partial charge in [-0.15, -0.1) is 0 Å². The predicted octanol–water partition coefficient (Wildman–Crippen LogP) is 3.31. The fourth-order valence-corrected chi connectivity index (χ4v) is 3.26. The van der Waals surface area contributed by atoms with Crippen LogP contribution in [-0.4, -0.2) is 39.9 Å². The van der Waals surface area contributed by atoms with Crippen LogP contribution in [0.2, 0.25) is 0 Å². The molecule has 118 valence electrons. The van der Waals surface area contributed by atoms with Crippen LogP contribution < -0.4 is 10.2 Å². The second-order valence-electron chi connectivity index (χ2n) is 6.25. The van der Waals surface area contributed by atoms with E-state index in [2.05, 4.69) is 54.5 Å². The van der Waals surface area contributed by atoms with Crippen LogP contribution >= 0.6 is 0 Å². The maximum absolute atomic E-state index is 5.59. The Labute approximate surface area is 129 Å². The summed E-state index contributed by atoms with van der Waals surface area (Å²) in [4.78, 5) is 2.58. The van der Waals surface area contributed by atoms with Gasteiger partial charge in [0.1, 0.15) is 0 Å².